The van der Waals surface area contributed by atoms with Crippen LogP contribution in [0, 0.1) is 5.92 Å². The molecule has 0 aliphatic carbocycles. The zero-order valence-electron chi connectivity index (χ0n) is 21.6. The number of benzene rings is 2. The van der Waals surface area contributed by atoms with Crippen molar-refractivity contribution in [3.8, 4) is 22.6 Å². The Bertz CT molecular complexity index is 1010. The second-order valence-electron chi connectivity index (χ2n) is 8.39. The Kier molecular flexibility index (Phi) is 10.6. The van der Waals surface area contributed by atoms with Crippen molar-refractivity contribution in [1.29, 1.82) is 0 Å². The summed E-state index contributed by atoms with van der Waals surface area (Å²) in [6, 6.07) is 10.9. The normalized spacial score (nSPS) is 12.2. The Balaban J connectivity index is 2.32. The van der Waals surface area contributed by atoms with Crippen LogP contribution in [0.15, 0.2) is 41.6 Å². The molecular weight excluding hydrogens is 448 g/mol. The molecule has 0 radical (unpaired) electrons. The van der Waals surface area contributed by atoms with E-state index in [4.69, 9.17) is 19.0 Å². The van der Waals surface area contributed by atoms with Crippen LogP contribution in [-0.4, -0.2) is 52.1 Å². The summed E-state index contributed by atoms with van der Waals surface area (Å²) in [6.07, 6.45) is 2.20. The fourth-order valence-electron chi connectivity index (χ4n) is 3.80. The second kappa shape index (κ2) is 13.4. The lowest BCUT2D eigenvalue weighted by Gasteiger charge is -2.19. The van der Waals surface area contributed by atoms with Crippen molar-refractivity contribution >= 4 is 17.6 Å². The lowest BCUT2D eigenvalue weighted by atomic mass is 9.97. The topological polar surface area (TPSA) is 95.5 Å². The molecule has 190 valence electrons. The summed E-state index contributed by atoms with van der Waals surface area (Å²) in [4.78, 5) is 29.9. The van der Waals surface area contributed by atoms with Gasteiger partial charge in [0.2, 0.25) is 0 Å². The van der Waals surface area contributed by atoms with Gasteiger partial charge in [-0.1, -0.05) is 56.6 Å². The van der Waals surface area contributed by atoms with Gasteiger partial charge in [0.25, 0.3) is 5.91 Å². The number of ether oxygens (including phenoxy) is 3. The molecule has 0 unspecified atom stereocenters. The Morgan fingerprint density at radius 2 is 1.54 bits per heavy atom. The molecule has 8 nitrogen and oxygen atoms in total. The van der Waals surface area contributed by atoms with Crippen molar-refractivity contribution in [2.24, 2.45) is 11.1 Å². The van der Waals surface area contributed by atoms with Gasteiger partial charge in [-0.05, 0) is 35.2 Å². The van der Waals surface area contributed by atoms with Gasteiger partial charge in [0, 0.05) is 12.3 Å². The average molecular weight is 485 g/mol. The van der Waals surface area contributed by atoms with Crippen LogP contribution < -0.4 is 14.8 Å². The van der Waals surface area contributed by atoms with Crippen LogP contribution in [0.1, 0.15) is 38.3 Å². The molecule has 0 fully saturated rings. The number of hydrogen-bond donors (Lipinski definition) is 1. The number of aryl methyl sites for hydroxylation is 1. The summed E-state index contributed by atoms with van der Waals surface area (Å²) in [5.74, 6) is 0.271. The van der Waals surface area contributed by atoms with E-state index in [9.17, 15) is 9.59 Å². The van der Waals surface area contributed by atoms with Gasteiger partial charge >= 0.3 is 5.97 Å². The van der Waals surface area contributed by atoms with Crippen LogP contribution in [0.5, 0.6) is 11.5 Å². The van der Waals surface area contributed by atoms with Crippen molar-refractivity contribution in [3.63, 3.8) is 0 Å². The maximum absolute atomic E-state index is 12.7. The summed E-state index contributed by atoms with van der Waals surface area (Å²) in [5.41, 5.74) is 3.97. The Labute approximate surface area is 207 Å². The number of amides is 1. The van der Waals surface area contributed by atoms with Gasteiger partial charge in [0.1, 0.15) is 30.4 Å². The van der Waals surface area contributed by atoms with Crippen molar-refractivity contribution in [2.75, 3.05) is 28.4 Å². The molecule has 2 aromatic carbocycles. The molecule has 0 saturated carbocycles. The van der Waals surface area contributed by atoms with Crippen LogP contribution in [0.25, 0.3) is 11.1 Å². The predicted molar refractivity (Wildman–Crippen MR) is 136 cm³/mol. The summed E-state index contributed by atoms with van der Waals surface area (Å²) >= 11 is 0. The highest BCUT2D eigenvalue weighted by atomic mass is 16.6. The van der Waals surface area contributed by atoms with E-state index in [-0.39, 0.29) is 18.1 Å². The van der Waals surface area contributed by atoms with Crippen molar-refractivity contribution in [1.82, 2.24) is 5.32 Å². The first kappa shape index (κ1) is 27.7. The highest BCUT2D eigenvalue weighted by molar-refractivity contribution is 6.39. The number of esters is 1. The van der Waals surface area contributed by atoms with Gasteiger partial charge in [-0.25, -0.2) is 4.79 Å². The molecule has 0 heterocycles. The fraction of sp³-hybridized carbons (Fsp3) is 0.444. The lowest BCUT2D eigenvalue weighted by molar-refractivity contribution is -0.144. The number of nitrogens with one attached hydrogen (secondary N) is 1. The maximum Gasteiger partial charge on any atom is 0.328 e. The summed E-state index contributed by atoms with van der Waals surface area (Å²) in [7, 11) is 5.95. The number of nitrogens with zero attached hydrogens (tertiary/aromatic N) is 1. The van der Waals surface area contributed by atoms with Crippen molar-refractivity contribution in [2.45, 2.75) is 46.1 Å². The van der Waals surface area contributed by atoms with E-state index in [0.29, 0.717) is 0 Å². The van der Waals surface area contributed by atoms with Gasteiger partial charge in [0.15, 0.2) is 0 Å². The van der Waals surface area contributed by atoms with E-state index in [1.54, 1.807) is 14.2 Å². The van der Waals surface area contributed by atoms with Crippen molar-refractivity contribution in [3.05, 3.63) is 47.5 Å². The molecule has 1 amide bonds. The van der Waals surface area contributed by atoms with E-state index in [1.807, 2.05) is 50.2 Å². The summed E-state index contributed by atoms with van der Waals surface area (Å²) in [5, 5.41) is 6.51. The quantitative estimate of drug-likeness (QED) is 0.276. The van der Waals surface area contributed by atoms with Crippen molar-refractivity contribution < 1.29 is 28.6 Å². The molecule has 1 atom stereocenters. The zero-order valence-corrected chi connectivity index (χ0v) is 21.6. The Hall–Kier alpha value is -3.55. The minimum Gasteiger partial charge on any atom is -0.496 e. The zero-order chi connectivity index (χ0) is 26.0. The van der Waals surface area contributed by atoms with E-state index in [2.05, 4.69) is 17.4 Å². The van der Waals surface area contributed by atoms with E-state index >= 15 is 0 Å². The summed E-state index contributed by atoms with van der Waals surface area (Å²) in [6.45, 7) is 5.77. The smallest absolute Gasteiger partial charge is 0.328 e. The molecule has 0 saturated heterocycles. The van der Waals surface area contributed by atoms with Gasteiger partial charge < -0.3 is 24.4 Å². The molecule has 2 rings (SSSR count). The highest BCUT2D eigenvalue weighted by Crippen LogP contribution is 2.40. The summed E-state index contributed by atoms with van der Waals surface area (Å²) < 4.78 is 16.2. The number of oxime groups is 1. The predicted octanol–water partition coefficient (Wildman–Crippen LogP) is 4.18. The highest BCUT2D eigenvalue weighted by Gasteiger charge is 2.26. The molecule has 2 aromatic rings. The van der Waals surface area contributed by atoms with E-state index in [0.717, 1.165) is 46.6 Å². The molecule has 1 N–H and O–H groups in total. The monoisotopic (exact) mass is 484 g/mol. The SMILES string of the molecule is CCCc1cc(OC)c(-c2ccc(C[C@H](NC(=O)C(=NOC)C(C)C)C(=O)OC)cc2)c(OC)c1. The molecule has 0 aromatic heterocycles. The minimum absolute atomic E-state index is 0.179. The third-order valence-electron chi connectivity index (χ3n) is 5.55. The second-order valence-corrected chi connectivity index (χ2v) is 8.39. The largest absolute Gasteiger partial charge is 0.496 e. The molecule has 0 bridgehead atoms. The number of rotatable bonds is 12. The number of methoxy groups -OCH3 is 3. The number of hydrogen-bond acceptors (Lipinski definition) is 7. The third-order valence-corrected chi connectivity index (χ3v) is 5.55. The van der Waals surface area contributed by atoms with E-state index in [1.165, 1.54) is 14.2 Å². The minimum atomic E-state index is -0.878. The first-order valence-corrected chi connectivity index (χ1v) is 11.6. The van der Waals surface area contributed by atoms with Crippen LogP contribution in [0.4, 0.5) is 0 Å². The molecule has 35 heavy (non-hydrogen) atoms. The Morgan fingerprint density at radius 3 is 2.00 bits per heavy atom. The average Bonchev–Trinajstić information content (AvgIpc) is 2.86. The standard InChI is InChI=1S/C27H36N2O6/c1-8-9-19-15-22(32-4)24(23(16-19)33-5)20-12-10-18(11-13-20)14-21(27(31)34-6)28-26(30)25(17(2)3)29-35-7/h10-13,15-17,21H,8-9,14H2,1-7H3,(H,28,30)/t21-/m0/s1. The van der Waals surface area contributed by atoms with Gasteiger partial charge in [0.05, 0.1) is 26.9 Å². The number of carbonyl (C=O) groups excluding carboxylic acids is 2. The lowest BCUT2D eigenvalue weighted by Crippen LogP contribution is -2.46. The van der Waals surface area contributed by atoms with Gasteiger partial charge in [-0.3, -0.25) is 4.79 Å². The molecule has 8 heteroatoms. The van der Waals surface area contributed by atoms with Crippen LogP contribution in [0.2, 0.25) is 0 Å². The third kappa shape index (κ3) is 7.21. The van der Waals surface area contributed by atoms with Gasteiger partial charge in [-0.15, -0.1) is 0 Å². The maximum atomic E-state index is 12.7. The molecule has 0 spiro atoms. The van der Waals surface area contributed by atoms with E-state index < -0.39 is 17.9 Å². The molecular formula is C27H36N2O6. The fourth-order valence-corrected chi connectivity index (χ4v) is 3.80. The van der Waals surface area contributed by atoms with Crippen LogP contribution in [0.3, 0.4) is 0 Å². The molecule has 0 aliphatic rings. The first-order chi connectivity index (χ1) is 16.8. The molecule has 0 aliphatic heterocycles. The Morgan fingerprint density at radius 1 is 0.943 bits per heavy atom. The van der Waals surface area contributed by atoms with Crippen LogP contribution >= 0.6 is 0 Å². The van der Waals surface area contributed by atoms with Gasteiger partial charge in [-0.2, -0.15) is 0 Å². The number of carbonyl (C=O) groups is 2. The van der Waals surface area contributed by atoms with Crippen LogP contribution in [-0.2, 0) is 32.0 Å². The first-order valence-electron chi connectivity index (χ1n) is 11.6.